The van der Waals surface area contributed by atoms with Gasteiger partial charge in [0.2, 0.25) is 5.91 Å². The van der Waals surface area contributed by atoms with Gasteiger partial charge < -0.3 is 10.1 Å². The number of anilines is 1. The number of nitrogens with one attached hydrogen (secondary N) is 1. The van der Waals surface area contributed by atoms with Crippen LogP contribution < -0.4 is 5.32 Å². The monoisotopic (exact) mass is 442 g/mol. The van der Waals surface area contributed by atoms with Gasteiger partial charge in [0.25, 0.3) is 11.8 Å². The zero-order valence-electron chi connectivity index (χ0n) is 17.5. The van der Waals surface area contributed by atoms with E-state index in [0.29, 0.717) is 16.7 Å². The van der Waals surface area contributed by atoms with Crippen molar-refractivity contribution in [1.29, 1.82) is 0 Å². The number of rotatable bonds is 6. The summed E-state index contributed by atoms with van der Waals surface area (Å²) in [6, 6.07) is 7.41. The zero-order valence-corrected chi connectivity index (χ0v) is 18.3. The molecule has 0 bridgehead atoms. The Hall–Kier alpha value is -2.84. The molecule has 1 aliphatic carbocycles. The van der Waals surface area contributed by atoms with Gasteiger partial charge in [-0.3, -0.25) is 19.3 Å². The summed E-state index contributed by atoms with van der Waals surface area (Å²) in [5, 5.41) is 10.6. The number of halogens is 1. The Balaban J connectivity index is 1.70. The molecule has 1 saturated carbocycles. The van der Waals surface area contributed by atoms with Crippen molar-refractivity contribution >= 4 is 35.1 Å². The van der Waals surface area contributed by atoms with Crippen molar-refractivity contribution in [3.63, 3.8) is 0 Å². The SMILES string of the molecule is CC(C)(C)C(=O)Nc1cc(C(COC2CC2)N2C(=O)c3ccccc3C2=O)c(Cl)nn1. The molecular formula is C22H23ClN4O4. The van der Waals surface area contributed by atoms with Crippen molar-refractivity contribution in [3.05, 3.63) is 52.2 Å². The van der Waals surface area contributed by atoms with E-state index in [-0.39, 0.29) is 29.6 Å². The maximum Gasteiger partial charge on any atom is 0.262 e. The second-order valence-electron chi connectivity index (χ2n) is 8.75. The van der Waals surface area contributed by atoms with Crippen molar-refractivity contribution in [1.82, 2.24) is 15.1 Å². The summed E-state index contributed by atoms with van der Waals surface area (Å²) >= 11 is 6.34. The summed E-state index contributed by atoms with van der Waals surface area (Å²) < 4.78 is 5.87. The van der Waals surface area contributed by atoms with E-state index in [1.807, 2.05) is 0 Å². The van der Waals surface area contributed by atoms with E-state index in [2.05, 4.69) is 15.5 Å². The number of amides is 3. The minimum atomic E-state index is -0.804. The first-order chi connectivity index (χ1) is 14.7. The van der Waals surface area contributed by atoms with Crippen LogP contribution in [-0.2, 0) is 9.53 Å². The minimum Gasteiger partial charge on any atom is -0.376 e. The fourth-order valence-electron chi connectivity index (χ4n) is 3.25. The first-order valence-electron chi connectivity index (χ1n) is 10.1. The van der Waals surface area contributed by atoms with Crippen LogP contribution in [0.15, 0.2) is 30.3 Å². The first kappa shape index (κ1) is 21.4. The van der Waals surface area contributed by atoms with Crippen LogP contribution in [0.4, 0.5) is 5.82 Å². The molecule has 3 amide bonds. The highest BCUT2D eigenvalue weighted by Crippen LogP contribution is 2.36. The van der Waals surface area contributed by atoms with Gasteiger partial charge in [0.15, 0.2) is 11.0 Å². The van der Waals surface area contributed by atoms with Crippen molar-refractivity contribution in [3.8, 4) is 0 Å². The lowest BCUT2D eigenvalue weighted by molar-refractivity contribution is -0.123. The topological polar surface area (TPSA) is 101 Å². The molecule has 2 heterocycles. The summed E-state index contributed by atoms with van der Waals surface area (Å²) in [6.45, 7) is 5.40. The molecule has 0 spiro atoms. The summed E-state index contributed by atoms with van der Waals surface area (Å²) in [5.41, 5.74) is 0.418. The molecule has 4 rings (SSSR count). The molecule has 31 heavy (non-hydrogen) atoms. The molecule has 1 atom stereocenters. The van der Waals surface area contributed by atoms with E-state index >= 15 is 0 Å². The van der Waals surface area contributed by atoms with Crippen LogP contribution >= 0.6 is 11.6 Å². The van der Waals surface area contributed by atoms with Crippen LogP contribution in [0.2, 0.25) is 5.15 Å². The molecule has 1 unspecified atom stereocenters. The van der Waals surface area contributed by atoms with Crippen molar-refractivity contribution in [2.24, 2.45) is 5.41 Å². The van der Waals surface area contributed by atoms with Crippen LogP contribution in [-0.4, -0.2) is 45.5 Å². The van der Waals surface area contributed by atoms with Crippen molar-refractivity contribution in [2.45, 2.75) is 45.8 Å². The fourth-order valence-corrected chi connectivity index (χ4v) is 3.46. The highest BCUT2D eigenvalue weighted by atomic mass is 35.5. The number of hydrogen-bond acceptors (Lipinski definition) is 6. The van der Waals surface area contributed by atoms with Crippen LogP contribution in [0.1, 0.15) is 65.9 Å². The molecule has 8 nitrogen and oxygen atoms in total. The Kier molecular flexibility index (Phi) is 5.53. The normalized spacial score (nSPS) is 17.0. The van der Waals surface area contributed by atoms with Crippen molar-refractivity contribution < 1.29 is 19.1 Å². The number of carbonyl (C=O) groups excluding carboxylic acids is 3. The zero-order chi connectivity index (χ0) is 22.3. The first-order valence-corrected chi connectivity index (χ1v) is 10.5. The van der Waals surface area contributed by atoms with E-state index in [1.54, 1.807) is 51.1 Å². The van der Waals surface area contributed by atoms with E-state index in [4.69, 9.17) is 16.3 Å². The van der Waals surface area contributed by atoms with Crippen LogP contribution in [0.25, 0.3) is 0 Å². The maximum atomic E-state index is 13.1. The highest BCUT2D eigenvalue weighted by Gasteiger charge is 2.42. The Morgan fingerprint density at radius 2 is 1.81 bits per heavy atom. The fraction of sp³-hybridized carbons (Fsp3) is 0.409. The summed E-state index contributed by atoms with van der Waals surface area (Å²) in [7, 11) is 0. The Bertz CT molecular complexity index is 1030. The number of fused-ring (bicyclic) bond motifs is 1. The number of carbonyl (C=O) groups is 3. The molecule has 0 saturated heterocycles. The van der Waals surface area contributed by atoms with Crippen LogP contribution in [0.5, 0.6) is 0 Å². The van der Waals surface area contributed by atoms with Gasteiger partial charge in [-0.15, -0.1) is 10.2 Å². The van der Waals surface area contributed by atoms with Gasteiger partial charge >= 0.3 is 0 Å². The molecule has 1 aliphatic heterocycles. The second kappa shape index (κ2) is 8.01. The summed E-state index contributed by atoms with van der Waals surface area (Å²) in [6.07, 6.45) is 1.97. The average molecular weight is 443 g/mol. The smallest absolute Gasteiger partial charge is 0.262 e. The second-order valence-corrected chi connectivity index (χ2v) is 9.11. The molecule has 162 valence electrons. The van der Waals surface area contributed by atoms with E-state index in [9.17, 15) is 14.4 Å². The lowest BCUT2D eigenvalue weighted by atomic mass is 9.96. The van der Waals surface area contributed by atoms with E-state index in [1.165, 1.54) is 0 Å². The Morgan fingerprint density at radius 3 is 2.35 bits per heavy atom. The van der Waals surface area contributed by atoms with Crippen molar-refractivity contribution in [2.75, 3.05) is 11.9 Å². The van der Waals surface area contributed by atoms with Gasteiger partial charge in [0.05, 0.1) is 29.9 Å². The average Bonchev–Trinajstić information content (AvgIpc) is 3.51. The van der Waals surface area contributed by atoms with Gasteiger partial charge in [-0.05, 0) is 31.0 Å². The molecule has 1 aromatic carbocycles. The predicted octanol–water partition coefficient (Wildman–Crippen LogP) is 3.63. The number of imide groups is 1. The van der Waals surface area contributed by atoms with Gasteiger partial charge in [0, 0.05) is 11.0 Å². The molecule has 9 heteroatoms. The summed E-state index contributed by atoms with van der Waals surface area (Å²) in [4.78, 5) is 39.7. The molecular weight excluding hydrogens is 420 g/mol. The Morgan fingerprint density at radius 1 is 1.19 bits per heavy atom. The molecule has 1 N–H and O–H groups in total. The lowest BCUT2D eigenvalue weighted by Gasteiger charge is -2.27. The number of aromatic nitrogens is 2. The van der Waals surface area contributed by atoms with E-state index < -0.39 is 23.3 Å². The lowest BCUT2D eigenvalue weighted by Crippen LogP contribution is -2.37. The third-order valence-electron chi connectivity index (χ3n) is 5.21. The van der Waals surface area contributed by atoms with Crippen LogP contribution in [0.3, 0.4) is 0 Å². The molecule has 1 fully saturated rings. The third-order valence-corrected chi connectivity index (χ3v) is 5.50. The molecule has 2 aliphatic rings. The molecule has 0 radical (unpaired) electrons. The molecule has 1 aromatic heterocycles. The minimum absolute atomic E-state index is 0.0368. The van der Waals surface area contributed by atoms with E-state index in [0.717, 1.165) is 17.7 Å². The third kappa shape index (κ3) is 4.31. The number of benzene rings is 1. The van der Waals surface area contributed by atoms with Gasteiger partial charge in [-0.1, -0.05) is 44.5 Å². The van der Waals surface area contributed by atoms with Crippen LogP contribution in [0, 0.1) is 5.41 Å². The number of nitrogens with zero attached hydrogens (tertiary/aromatic N) is 3. The highest BCUT2D eigenvalue weighted by molar-refractivity contribution is 6.30. The van der Waals surface area contributed by atoms with Gasteiger partial charge in [-0.25, -0.2) is 0 Å². The maximum absolute atomic E-state index is 13.1. The van der Waals surface area contributed by atoms with Gasteiger partial charge in [0.1, 0.15) is 0 Å². The number of hydrogen-bond donors (Lipinski definition) is 1. The quantitative estimate of drug-likeness (QED) is 0.685. The molecule has 2 aromatic rings. The standard InChI is InChI=1S/C22H23ClN4O4/c1-22(2,3)21(30)24-17-10-15(18(23)26-25-17)16(11-31-12-8-9-12)27-19(28)13-6-4-5-7-14(13)20(27)29/h4-7,10,12,16H,8-9,11H2,1-3H3,(H,24,25,30). The summed E-state index contributed by atoms with van der Waals surface area (Å²) in [5.74, 6) is -0.898. The number of ether oxygens (including phenoxy) is 1. The largest absolute Gasteiger partial charge is 0.376 e. The predicted molar refractivity (Wildman–Crippen MR) is 114 cm³/mol. The van der Waals surface area contributed by atoms with Gasteiger partial charge in [-0.2, -0.15) is 0 Å². The Labute approximate surface area is 184 Å².